The first-order valence-electron chi connectivity index (χ1n) is 12.9. The number of hydrogen-bond acceptors (Lipinski definition) is 5. The Labute approximate surface area is 209 Å². The molecule has 0 fully saturated rings. The molecule has 1 aromatic heterocycles. The van der Waals surface area contributed by atoms with Crippen LogP contribution in [0.3, 0.4) is 0 Å². The number of pyridine rings is 1. The summed E-state index contributed by atoms with van der Waals surface area (Å²) in [5.74, 6) is 1.43. The molecule has 3 rings (SSSR count). The third-order valence-corrected chi connectivity index (χ3v) is 6.50. The van der Waals surface area contributed by atoms with Crippen LogP contribution in [0.4, 0.5) is 0 Å². The van der Waals surface area contributed by atoms with Crippen molar-refractivity contribution in [2.75, 3.05) is 14.2 Å². The van der Waals surface area contributed by atoms with Crippen LogP contribution in [0.2, 0.25) is 0 Å². The predicted molar refractivity (Wildman–Crippen MR) is 142 cm³/mol. The van der Waals surface area contributed by atoms with Crippen LogP contribution in [0.25, 0.3) is 10.9 Å². The SMILES string of the molecule is CCCCCCCC(=O)Oc1c(OC)cc(C(CCC)Cc2ccnc3ccccc23)cc1OC. The Morgan fingerprint density at radius 1 is 0.914 bits per heavy atom. The van der Waals surface area contributed by atoms with Crippen molar-refractivity contribution in [3.63, 3.8) is 0 Å². The van der Waals surface area contributed by atoms with Crippen molar-refractivity contribution < 1.29 is 19.0 Å². The summed E-state index contributed by atoms with van der Waals surface area (Å²) in [6.45, 7) is 4.38. The Morgan fingerprint density at radius 2 is 1.63 bits per heavy atom. The molecule has 0 amide bonds. The van der Waals surface area contributed by atoms with Gasteiger partial charge in [-0.1, -0.05) is 64.2 Å². The van der Waals surface area contributed by atoms with Crippen molar-refractivity contribution in [3.8, 4) is 17.2 Å². The van der Waals surface area contributed by atoms with Crippen molar-refractivity contribution in [1.82, 2.24) is 4.98 Å². The number of fused-ring (bicyclic) bond motifs is 1. The van der Waals surface area contributed by atoms with Gasteiger partial charge in [0.05, 0.1) is 19.7 Å². The lowest BCUT2D eigenvalue weighted by Crippen LogP contribution is -2.11. The molecule has 5 heteroatoms. The van der Waals surface area contributed by atoms with Gasteiger partial charge in [-0.25, -0.2) is 0 Å². The number of benzene rings is 2. The number of methoxy groups -OCH3 is 2. The summed E-state index contributed by atoms with van der Waals surface area (Å²) >= 11 is 0. The van der Waals surface area contributed by atoms with Crippen LogP contribution in [-0.4, -0.2) is 25.2 Å². The van der Waals surface area contributed by atoms with E-state index in [4.69, 9.17) is 14.2 Å². The molecule has 0 saturated heterocycles. The molecule has 0 N–H and O–H groups in total. The summed E-state index contributed by atoms with van der Waals surface area (Å²) in [6.07, 6.45) is 10.6. The molecule has 1 atom stereocenters. The highest BCUT2D eigenvalue weighted by molar-refractivity contribution is 5.82. The monoisotopic (exact) mass is 477 g/mol. The largest absolute Gasteiger partial charge is 0.493 e. The minimum Gasteiger partial charge on any atom is -0.493 e. The van der Waals surface area contributed by atoms with Crippen molar-refractivity contribution in [3.05, 3.63) is 59.8 Å². The third kappa shape index (κ3) is 7.20. The maximum absolute atomic E-state index is 12.5. The van der Waals surface area contributed by atoms with Gasteiger partial charge in [-0.15, -0.1) is 0 Å². The molecule has 188 valence electrons. The highest BCUT2D eigenvalue weighted by Gasteiger charge is 2.22. The molecule has 0 saturated carbocycles. The Bertz CT molecular complexity index is 1060. The molecule has 35 heavy (non-hydrogen) atoms. The molecule has 0 aliphatic rings. The van der Waals surface area contributed by atoms with Crippen molar-refractivity contribution >= 4 is 16.9 Å². The maximum Gasteiger partial charge on any atom is 0.311 e. The Kier molecular flexibility index (Phi) is 10.4. The summed E-state index contributed by atoms with van der Waals surface area (Å²) in [5.41, 5.74) is 3.39. The number of hydrogen-bond donors (Lipinski definition) is 0. The molecule has 0 spiro atoms. The fourth-order valence-electron chi connectivity index (χ4n) is 4.61. The first kappa shape index (κ1) is 26.5. The normalized spacial score (nSPS) is 11.9. The summed E-state index contributed by atoms with van der Waals surface area (Å²) in [5, 5.41) is 1.18. The molecule has 2 aromatic carbocycles. The molecule has 0 aliphatic carbocycles. The lowest BCUT2D eigenvalue weighted by atomic mass is 9.87. The Balaban J connectivity index is 1.83. The topological polar surface area (TPSA) is 57.7 Å². The molecular weight excluding hydrogens is 438 g/mol. The van der Waals surface area contributed by atoms with E-state index < -0.39 is 0 Å². The van der Waals surface area contributed by atoms with E-state index in [0.717, 1.165) is 49.6 Å². The summed E-state index contributed by atoms with van der Waals surface area (Å²) < 4.78 is 17.1. The van der Waals surface area contributed by atoms with Gasteiger partial charge in [-0.3, -0.25) is 9.78 Å². The number of carbonyl (C=O) groups excluding carboxylic acids is 1. The van der Waals surface area contributed by atoms with Gasteiger partial charge in [0, 0.05) is 18.0 Å². The lowest BCUT2D eigenvalue weighted by molar-refractivity contribution is -0.134. The zero-order valence-corrected chi connectivity index (χ0v) is 21.6. The first-order valence-corrected chi connectivity index (χ1v) is 12.9. The molecule has 0 aliphatic heterocycles. The van der Waals surface area contributed by atoms with Gasteiger partial charge < -0.3 is 14.2 Å². The molecule has 1 heterocycles. The van der Waals surface area contributed by atoms with E-state index in [-0.39, 0.29) is 11.9 Å². The standard InChI is InChI=1S/C30H39NO4/c1-5-7-8-9-10-16-29(32)35-30-27(33-3)20-24(21-28(30)34-4)22(13-6-2)19-23-17-18-31-26-15-12-11-14-25(23)26/h11-12,14-15,17-18,20-22H,5-10,13,16,19H2,1-4H3. The minimum atomic E-state index is -0.251. The van der Waals surface area contributed by atoms with E-state index in [9.17, 15) is 4.79 Å². The zero-order chi connectivity index (χ0) is 25.0. The highest BCUT2D eigenvalue weighted by Crippen LogP contribution is 2.42. The van der Waals surface area contributed by atoms with E-state index in [1.54, 1.807) is 14.2 Å². The molecule has 0 radical (unpaired) electrons. The van der Waals surface area contributed by atoms with Crippen molar-refractivity contribution in [1.29, 1.82) is 0 Å². The number of carbonyl (C=O) groups is 1. The number of nitrogens with zero attached hydrogens (tertiary/aromatic N) is 1. The van der Waals surface area contributed by atoms with E-state index in [1.165, 1.54) is 23.8 Å². The van der Waals surface area contributed by atoms with Crippen LogP contribution >= 0.6 is 0 Å². The van der Waals surface area contributed by atoms with E-state index in [0.29, 0.717) is 23.7 Å². The van der Waals surface area contributed by atoms with Gasteiger partial charge in [-0.2, -0.15) is 0 Å². The fourth-order valence-corrected chi connectivity index (χ4v) is 4.61. The number of para-hydroxylation sites is 1. The summed E-state index contributed by atoms with van der Waals surface area (Å²) in [6, 6.07) is 14.4. The van der Waals surface area contributed by atoms with Crippen LogP contribution in [0, 0.1) is 0 Å². The van der Waals surface area contributed by atoms with E-state index in [1.807, 2.05) is 30.5 Å². The van der Waals surface area contributed by atoms with Crippen LogP contribution in [-0.2, 0) is 11.2 Å². The van der Waals surface area contributed by atoms with E-state index >= 15 is 0 Å². The second-order valence-corrected chi connectivity index (χ2v) is 9.07. The average molecular weight is 478 g/mol. The fraction of sp³-hybridized carbons (Fsp3) is 0.467. The van der Waals surface area contributed by atoms with Gasteiger partial charge in [0.25, 0.3) is 0 Å². The van der Waals surface area contributed by atoms with Gasteiger partial charge in [-0.05, 0) is 60.6 Å². The van der Waals surface area contributed by atoms with Crippen LogP contribution < -0.4 is 14.2 Å². The summed E-state index contributed by atoms with van der Waals surface area (Å²) in [7, 11) is 3.21. The number of esters is 1. The maximum atomic E-state index is 12.5. The number of aromatic nitrogens is 1. The quantitative estimate of drug-likeness (QED) is 0.136. The summed E-state index contributed by atoms with van der Waals surface area (Å²) in [4.78, 5) is 17.0. The van der Waals surface area contributed by atoms with Crippen LogP contribution in [0.5, 0.6) is 17.2 Å². The second-order valence-electron chi connectivity index (χ2n) is 9.07. The third-order valence-electron chi connectivity index (χ3n) is 6.50. The number of ether oxygens (including phenoxy) is 3. The molecule has 1 unspecified atom stereocenters. The zero-order valence-electron chi connectivity index (χ0n) is 21.6. The Morgan fingerprint density at radius 3 is 2.31 bits per heavy atom. The average Bonchev–Trinajstić information content (AvgIpc) is 2.88. The lowest BCUT2D eigenvalue weighted by Gasteiger charge is -2.21. The molecule has 3 aromatic rings. The van der Waals surface area contributed by atoms with Crippen molar-refractivity contribution in [2.24, 2.45) is 0 Å². The van der Waals surface area contributed by atoms with Gasteiger partial charge >= 0.3 is 5.97 Å². The highest BCUT2D eigenvalue weighted by atomic mass is 16.6. The van der Waals surface area contributed by atoms with Gasteiger partial charge in [0.1, 0.15) is 0 Å². The first-order chi connectivity index (χ1) is 17.1. The molecule has 0 bridgehead atoms. The van der Waals surface area contributed by atoms with Crippen LogP contribution in [0.15, 0.2) is 48.7 Å². The number of rotatable bonds is 14. The predicted octanol–water partition coefficient (Wildman–Crippen LogP) is 7.64. The molecule has 5 nitrogen and oxygen atoms in total. The van der Waals surface area contributed by atoms with Crippen molar-refractivity contribution in [2.45, 2.75) is 77.6 Å². The smallest absolute Gasteiger partial charge is 0.311 e. The van der Waals surface area contributed by atoms with E-state index in [2.05, 4.69) is 37.0 Å². The minimum absolute atomic E-state index is 0.251. The van der Waals surface area contributed by atoms with Gasteiger partial charge in [0.15, 0.2) is 11.5 Å². The number of unbranched alkanes of at least 4 members (excludes halogenated alkanes) is 4. The molecular formula is C30H39NO4. The van der Waals surface area contributed by atoms with Gasteiger partial charge in [0.2, 0.25) is 5.75 Å². The van der Waals surface area contributed by atoms with Crippen LogP contribution in [0.1, 0.15) is 82.3 Å². The Hall–Kier alpha value is -3.08. The second kappa shape index (κ2) is 13.7.